The van der Waals surface area contributed by atoms with Gasteiger partial charge in [-0.2, -0.15) is 5.10 Å². The number of hydrogen-bond acceptors (Lipinski definition) is 6. The Balaban J connectivity index is 1.80. The predicted molar refractivity (Wildman–Crippen MR) is 92.9 cm³/mol. The van der Waals surface area contributed by atoms with Crippen molar-refractivity contribution in [2.24, 2.45) is 13.0 Å². The van der Waals surface area contributed by atoms with Gasteiger partial charge in [0.05, 0.1) is 28.9 Å². The highest BCUT2D eigenvalue weighted by atomic mass is 16.5. The maximum atomic E-state index is 11.8. The van der Waals surface area contributed by atoms with E-state index in [0.29, 0.717) is 17.3 Å². The molecule has 1 saturated carbocycles. The Bertz CT molecular complexity index is 846. The van der Waals surface area contributed by atoms with E-state index in [9.17, 15) is 9.90 Å². The average Bonchev–Trinajstić information content (AvgIpc) is 3.06. The van der Waals surface area contributed by atoms with Crippen LogP contribution in [0.25, 0.3) is 11.0 Å². The molecular formula is C17H23N5O3. The first-order valence-electron chi connectivity index (χ1n) is 8.50. The molecule has 1 saturated heterocycles. The number of nitrogens with one attached hydrogen (secondary N) is 1. The molecule has 2 aromatic heterocycles. The molecule has 4 atom stereocenters. The Morgan fingerprint density at radius 2 is 2.24 bits per heavy atom. The SMILES string of the molecule is Cc1nn(C)c2ncc(C(=O)O)c(N[C@@H]3[C@@H]4CCO[C@@H]4[C@H]3N(C)C)c12. The van der Waals surface area contributed by atoms with Crippen molar-refractivity contribution >= 4 is 22.7 Å². The van der Waals surface area contributed by atoms with Gasteiger partial charge in [0, 0.05) is 31.8 Å². The standard InChI is InChI=1S/C17H23N5O3/c1-8-11-12(10(17(23)24)7-18-16(11)22(4)20-8)19-13-9-5-6-25-15(9)14(13)21(2)3/h7,9,13-15H,5-6H2,1-4H3,(H,18,19)(H,23,24)/t9-,13+,14-,15-/m0/s1. The number of rotatable bonds is 4. The second kappa shape index (κ2) is 5.67. The van der Waals surface area contributed by atoms with Gasteiger partial charge in [0.1, 0.15) is 5.56 Å². The fourth-order valence-corrected chi connectivity index (χ4v) is 4.37. The maximum absolute atomic E-state index is 11.8. The fourth-order valence-electron chi connectivity index (χ4n) is 4.37. The number of fused-ring (bicyclic) bond motifs is 2. The van der Waals surface area contributed by atoms with Gasteiger partial charge in [-0.3, -0.25) is 4.68 Å². The number of carboxylic acids is 1. The van der Waals surface area contributed by atoms with Crippen molar-refractivity contribution < 1.29 is 14.6 Å². The van der Waals surface area contributed by atoms with Gasteiger partial charge in [0.25, 0.3) is 0 Å². The van der Waals surface area contributed by atoms with Crippen LogP contribution >= 0.6 is 0 Å². The number of aryl methyl sites for hydroxylation is 2. The predicted octanol–water partition coefficient (Wildman–Crippen LogP) is 1.10. The van der Waals surface area contributed by atoms with E-state index in [0.717, 1.165) is 24.1 Å². The molecule has 2 aromatic rings. The lowest BCUT2D eigenvalue weighted by Crippen LogP contribution is -2.66. The Kier molecular flexibility index (Phi) is 3.69. The molecule has 8 nitrogen and oxygen atoms in total. The van der Waals surface area contributed by atoms with Crippen LogP contribution < -0.4 is 5.32 Å². The second-order valence-electron chi connectivity index (χ2n) is 7.17. The summed E-state index contributed by atoms with van der Waals surface area (Å²) < 4.78 is 7.55. The zero-order chi connectivity index (χ0) is 17.9. The molecule has 4 rings (SSSR count). The topological polar surface area (TPSA) is 92.5 Å². The van der Waals surface area contributed by atoms with Crippen molar-refractivity contribution in [3.63, 3.8) is 0 Å². The number of carbonyl (C=O) groups is 1. The molecule has 1 aliphatic carbocycles. The third-order valence-corrected chi connectivity index (χ3v) is 5.51. The van der Waals surface area contributed by atoms with Gasteiger partial charge in [-0.1, -0.05) is 0 Å². The van der Waals surface area contributed by atoms with Gasteiger partial charge in [-0.25, -0.2) is 9.78 Å². The van der Waals surface area contributed by atoms with Gasteiger partial charge in [0.2, 0.25) is 0 Å². The summed E-state index contributed by atoms with van der Waals surface area (Å²) in [7, 11) is 5.89. The number of hydrogen-bond donors (Lipinski definition) is 2. The zero-order valence-electron chi connectivity index (χ0n) is 14.9. The third-order valence-electron chi connectivity index (χ3n) is 5.51. The Morgan fingerprint density at radius 3 is 2.92 bits per heavy atom. The molecule has 134 valence electrons. The minimum absolute atomic E-state index is 0.144. The molecule has 1 aliphatic heterocycles. The van der Waals surface area contributed by atoms with Crippen LogP contribution in [-0.4, -0.2) is 69.6 Å². The van der Waals surface area contributed by atoms with Gasteiger partial charge < -0.3 is 20.1 Å². The highest BCUT2D eigenvalue weighted by molar-refractivity contribution is 6.04. The number of nitrogens with zero attached hydrogens (tertiary/aromatic N) is 4. The minimum atomic E-state index is -0.986. The molecule has 0 amide bonds. The van der Waals surface area contributed by atoms with Crippen molar-refractivity contribution in [2.75, 3.05) is 26.0 Å². The van der Waals surface area contributed by atoms with Crippen LogP contribution in [0.2, 0.25) is 0 Å². The molecule has 2 aliphatic rings. The molecule has 2 fully saturated rings. The van der Waals surface area contributed by atoms with E-state index >= 15 is 0 Å². The summed E-state index contributed by atoms with van der Waals surface area (Å²) in [5.41, 5.74) is 2.26. The lowest BCUT2D eigenvalue weighted by Gasteiger charge is -2.51. The summed E-state index contributed by atoms with van der Waals surface area (Å²) in [4.78, 5) is 18.2. The summed E-state index contributed by atoms with van der Waals surface area (Å²) in [6, 6.07) is 0.361. The fraction of sp³-hybridized carbons (Fsp3) is 0.588. The van der Waals surface area contributed by atoms with E-state index in [-0.39, 0.29) is 23.8 Å². The molecule has 0 bridgehead atoms. The molecule has 3 heterocycles. The van der Waals surface area contributed by atoms with Crippen molar-refractivity contribution in [3.05, 3.63) is 17.5 Å². The monoisotopic (exact) mass is 345 g/mol. The first-order chi connectivity index (χ1) is 11.9. The lowest BCUT2D eigenvalue weighted by molar-refractivity contribution is -0.0515. The largest absolute Gasteiger partial charge is 0.478 e. The Labute approximate surface area is 145 Å². The van der Waals surface area contributed by atoms with Crippen LogP contribution in [-0.2, 0) is 11.8 Å². The van der Waals surface area contributed by atoms with Crippen LogP contribution in [0.1, 0.15) is 22.5 Å². The van der Waals surface area contributed by atoms with Crippen LogP contribution in [0.5, 0.6) is 0 Å². The number of carboxylic acid groups (broad SMARTS) is 1. The summed E-state index contributed by atoms with van der Waals surface area (Å²) in [5, 5.41) is 18.4. The normalized spacial score (nSPS) is 28.2. The van der Waals surface area contributed by atoms with E-state index < -0.39 is 5.97 Å². The van der Waals surface area contributed by atoms with E-state index in [1.165, 1.54) is 6.20 Å². The first-order valence-corrected chi connectivity index (χ1v) is 8.50. The van der Waals surface area contributed by atoms with Crippen LogP contribution in [0.3, 0.4) is 0 Å². The summed E-state index contributed by atoms with van der Waals surface area (Å²) in [6.45, 7) is 2.65. The minimum Gasteiger partial charge on any atom is -0.478 e. The van der Waals surface area contributed by atoms with Crippen molar-refractivity contribution in [2.45, 2.75) is 31.5 Å². The summed E-state index contributed by atoms with van der Waals surface area (Å²) >= 11 is 0. The first kappa shape index (κ1) is 16.3. The van der Waals surface area contributed by atoms with Crippen LogP contribution in [0.4, 0.5) is 5.69 Å². The number of aromatic carboxylic acids is 1. The number of ether oxygens (including phenoxy) is 1. The van der Waals surface area contributed by atoms with Gasteiger partial charge >= 0.3 is 5.97 Å². The van der Waals surface area contributed by atoms with Gasteiger partial charge in [-0.15, -0.1) is 0 Å². The van der Waals surface area contributed by atoms with E-state index in [2.05, 4.69) is 20.3 Å². The molecule has 0 aromatic carbocycles. The molecule has 0 spiro atoms. The smallest absolute Gasteiger partial charge is 0.339 e. The van der Waals surface area contributed by atoms with Crippen molar-refractivity contribution in [1.29, 1.82) is 0 Å². The number of pyridine rings is 1. The summed E-state index contributed by atoms with van der Waals surface area (Å²) in [6.07, 6.45) is 2.63. The third kappa shape index (κ3) is 2.31. The number of likely N-dealkylation sites (N-methyl/N-ethyl adjacent to an activating group) is 1. The highest BCUT2D eigenvalue weighted by Crippen LogP contribution is 2.44. The quantitative estimate of drug-likeness (QED) is 0.857. The Hall–Kier alpha value is -2.19. The maximum Gasteiger partial charge on any atom is 0.339 e. The van der Waals surface area contributed by atoms with Gasteiger partial charge in [-0.05, 0) is 27.4 Å². The molecular weight excluding hydrogens is 322 g/mol. The second-order valence-corrected chi connectivity index (χ2v) is 7.17. The highest BCUT2D eigenvalue weighted by Gasteiger charge is 2.55. The molecule has 8 heteroatoms. The van der Waals surface area contributed by atoms with Gasteiger partial charge in [0.15, 0.2) is 5.65 Å². The van der Waals surface area contributed by atoms with Crippen LogP contribution in [0, 0.1) is 12.8 Å². The average molecular weight is 345 g/mol. The van der Waals surface area contributed by atoms with E-state index in [1.54, 1.807) is 4.68 Å². The lowest BCUT2D eigenvalue weighted by atomic mass is 9.70. The molecule has 2 N–H and O–H groups in total. The number of anilines is 1. The zero-order valence-corrected chi connectivity index (χ0v) is 14.9. The van der Waals surface area contributed by atoms with Crippen molar-refractivity contribution in [1.82, 2.24) is 19.7 Å². The molecule has 25 heavy (non-hydrogen) atoms. The van der Waals surface area contributed by atoms with Crippen LogP contribution in [0.15, 0.2) is 6.20 Å². The van der Waals surface area contributed by atoms with E-state index in [1.807, 2.05) is 28.1 Å². The van der Waals surface area contributed by atoms with Crippen molar-refractivity contribution in [3.8, 4) is 0 Å². The molecule has 0 unspecified atom stereocenters. The molecule has 0 radical (unpaired) electrons. The Morgan fingerprint density at radius 1 is 1.48 bits per heavy atom. The van der Waals surface area contributed by atoms with E-state index in [4.69, 9.17) is 4.74 Å². The number of aromatic nitrogens is 3. The summed E-state index contributed by atoms with van der Waals surface area (Å²) in [5.74, 6) is -0.589.